The monoisotopic (exact) mass is 285 g/mol. The molecular weight excluding hydrogens is 270 g/mol. The summed E-state index contributed by atoms with van der Waals surface area (Å²) >= 11 is 5.79. The van der Waals surface area contributed by atoms with Gasteiger partial charge in [-0.2, -0.15) is 0 Å². The van der Waals surface area contributed by atoms with Gasteiger partial charge in [-0.15, -0.1) is 0 Å². The number of halogens is 1. The van der Waals surface area contributed by atoms with Crippen LogP contribution in [-0.4, -0.2) is 49.2 Å². The molecule has 0 aliphatic carbocycles. The number of anilines is 1. The predicted octanol–water partition coefficient (Wildman–Crippen LogP) is 1.72. The Balaban J connectivity index is 2.69. The third-order valence-electron chi connectivity index (χ3n) is 2.32. The average molecular weight is 286 g/mol. The van der Waals surface area contributed by atoms with E-state index in [1.165, 1.54) is 12.1 Å². The highest BCUT2D eigenvalue weighted by Gasteiger charge is 2.15. The molecule has 1 aromatic rings. The van der Waals surface area contributed by atoms with E-state index >= 15 is 0 Å². The molecule has 0 heterocycles. The fourth-order valence-electron chi connectivity index (χ4n) is 1.41. The van der Waals surface area contributed by atoms with Gasteiger partial charge in [0, 0.05) is 13.1 Å². The van der Waals surface area contributed by atoms with Crippen LogP contribution in [0.2, 0.25) is 5.02 Å². The first-order valence-electron chi connectivity index (χ1n) is 5.63. The minimum absolute atomic E-state index is 0.0820. The van der Waals surface area contributed by atoms with Gasteiger partial charge >= 0.3 is 12.0 Å². The minimum Gasteiger partial charge on any atom is -0.478 e. The molecule has 0 unspecified atom stereocenters. The summed E-state index contributed by atoms with van der Waals surface area (Å²) in [5.74, 6) is -1.19. The smallest absolute Gasteiger partial charge is 0.339 e. The summed E-state index contributed by atoms with van der Waals surface area (Å²) in [5.41, 5.74) is 0.0503. The number of hydrogen-bond acceptors (Lipinski definition) is 3. The van der Waals surface area contributed by atoms with Crippen molar-refractivity contribution in [2.24, 2.45) is 0 Å². The summed E-state index contributed by atoms with van der Waals surface area (Å²) in [6.07, 6.45) is 0. The van der Waals surface area contributed by atoms with Crippen molar-refractivity contribution < 1.29 is 14.7 Å². The van der Waals surface area contributed by atoms with E-state index in [0.29, 0.717) is 13.1 Å². The van der Waals surface area contributed by atoms with Crippen molar-refractivity contribution in [3.63, 3.8) is 0 Å². The number of likely N-dealkylation sites (N-methyl/N-ethyl adjacent to an activating group) is 1. The number of carbonyl (C=O) groups excluding carboxylic acids is 1. The van der Waals surface area contributed by atoms with E-state index in [1.807, 2.05) is 19.0 Å². The number of nitrogens with one attached hydrogen (secondary N) is 2. The molecule has 0 fully saturated rings. The lowest BCUT2D eigenvalue weighted by Gasteiger charge is -2.12. The van der Waals surface area contributed by atoms with Crippen LogP contribution in [-0.2, 0) is 0 Å². The minimum atomic E-state index is -1.19. The molecule has 0 radical (unpaired) electrons. The summed E-state index contributed by atoms with van der Waals surface area (Å²) in [6.45, 7) is 1.15. The molecule has 0 atom stereocenters. The van der Waals surface area contributed by atoms with Crippen molar-refractivity contribution in [2.75, 3.05) is 32.5 Å². The average Bonchev–Trinajstić information content (AvgIpc) is 2.27. The van der Waals surface area contributed by atoms with Crippen LogP contribution in [0.4, 0.5) is 10.5 Å². The number of hydrogen-bond donors (Lipinski definition) is 3. The quantitative estimate of drug-likeness (QED) is 0.769. The molecule has 0 aliphatic heterocycles. The molecule has 1 rings (SSSR count). The van der Waals surface area contributed by atoms with Gasteiger partial charge in [0.25, 0.3) is 0 Å². The number of nitrogens with zero attached hydrogens (tertiary/aromatic N) is 1. The van der Waals surface area contributed by atoms with Crippen LogP contribution in [0.1, 0.15) is 10.4 Å². The number of carboxylic acid groups (broad SMARTS) is 1. The standard InChI is InChI=1S/C12H16ClN3O3/c1-16(2)7-6-14-12(19)15-9-5-3-4-8(13)10(9)11(17)18/h3-5H,6-7H2,1-2H3,(H,17,18)(H2,14,15,19). The maximum Gasteiger partial charge on any atom is 0.339 e. The predicted molar refractivity (Wildman–Crippen MR) is 74.0 cm³/mol. The van der Waals surface area contributed by atoms with E-state index in [0.717, 1.165) is 0 Å². The molecule has 104 valence electrons. The molecule has 7 heteroatoms. The first kappa shape index (κ1) is 15.3. The number of carboxylic acids is 1. The van der Waals surface area contributed by atoms with Crippen molar-refractivity contribution >= 4 is 29.3 Å². The Bertz CT molecular complexity index is 477. The number of carbonyl (C=O) groups is 2. The highest BCUT2D eigenvalue weighted by Crippen LogP contribution is 2.24. The number of rotatable bonds is 5. The zero-order valence-corrected chi connectivity index (χ0v) is 11.5. The van der Waals surface area contributed by atoms with Crippen LogP contribution in [0.5, 0.6) is 0 Å². The van der Waals surface area contributed by atoms with E-state index in [4.69, 9.17) is 16.7 Å². The molecule has 0 bridgehead atoms. The molecule has 2 amide bonds. The van der Waals surface area contributed by atoms with Crippen LogP contribution in [0.15, 0.2) is 18.2 Å². The fourth-order valence-corrected chi connectivity index (χ4v) is 1.66. The van der Waals surface area contributed by atoms with Gasteiger partial charge in [0.15, 0.2) is 0 Å². The SMILES string of the molecule is CN(C)CCNC(=O)Nc1cccc(Cl)c1C(=O)O. The summed E-state index contributed by atoms with van der Waals surface area (Å²) in [5, 5.41) is 14.2. The summed E-state index contributed by atoms with van der Waals surface area (Å²) in [7, 11) is 3.78. The van der Waals surface area contributed by atoms with Crippen LogP contribution in [0, 0.1) is 0 Å². The number of urea groups is 1. The summed E-state index contributed by atoms with van der Waals surface area (Å²) in [4.78, 5) is 24.6. The normalized spacial score (nSPS) is 10.3. The van der Waals surface area contributed by atoms with Gasteiger partial charge in [-0.1, -0.05) is 17.7 Å². The second-order valence-electron chi connectivity index (χ2n) is 4.15. The van der Waals surface area contributed by atoms with E-state index in [2.05, 4.69) is 10.6 Å². The fraction of sp³-hybridized carbons (Fsp3) is 0.333. The van der Waals surface area contributed by atoms with Crippen molar-refractivity contribution in [2.45, 2.75) is 0 Å². The molecule has 0 aliphatic rings. The molecule has 0 aromatic heterocycles. The van der Waals surface area contributed by atoms with Crippen LogP contribution in [0.3, 0.4) is 0 Å². The Hall–Kier alpha value is -1.79. The second-order valence-corrected chi connectivity index (χ2v) is 4.56. The molecule has 0 saturated heterocycles. The lowest BCUT2D eigenvalue weighted by Crippen LogP contribution is -2.34. The van der Waals surface area contributed by atoms with Gasteiger partial charge < -0.3 is 20.6 Å². The van der Waals surface area contributed by atoms with E-state index in [-0.39, 0.29) is 16.3 Å². The number of amides is 2. The van der Waals surface area contributed by atoms with Gasteiger partial charge in [0.1, 0.15) is 5.56 Å². The van der Waals surface area contributed by atoms with Gasteiger partial charge in [-0.25, -0.2) is 9.59 Å². The van der Waals surface area contributed by atoms with E-state index < -0.39 is 12.0 Å². The van der Waals surface area contributed by atoms with Gasteiger partial charge in [0.2, 0.25) is 0 Å². The highest BCUT2D eigenvalue weighted by atomic mass is 35.5. The molecule has 3 N–H and O–H groups in total. The van der Waals surface area contributed by atoms with Crippen LogP contribution < -0.4 is 10.6 Å². The van der Waals surface area contributed by atoms with Crippen molar-refractivity contribution in [3.05, 3.63) is 28.8 Å². The lowest BCUT2D eigenvalue weighted by molar-refractivity contribution is 0.0698. The molecule has 0 saturated carbocycles. The van der Waals surface area contributed by atoms with E-state index in [9.17, 15) is 9.59 Å². The Morgan fingerprint density at radius 1 is 1.37 bits per heavy atom. The molecule has 19 heavy (non-hydrogen) atoms. The first-order chi connectivity index (χ1) is 8.91. The zero-order valence-electron chi connectivity index (χ0n) is 10.7. The summed E-state index contributed by atoms with van der Waals surface area (Å²) < 4.78 is 0. The van der Waals surface area contributed by atoms with E-state index in [1.54, 1.807) is 6.07 Å². The first-order valence-corrected chi connectivity index (χ1v) is 6.01. The summed E-state index contributed by atoms with van der Waals surface area (Å²) in [6, 6.07) is 4.05. The van der Waals surface area contributed by atoms with Gasteiger partial charge in [0.05, 0.1) is 10.7 Å². The van der Waals surface area contributed by atoms with Crippen molar-refractivity contribution in [1.82, 2.24) is 10.2 Å². The largest absolute Gasteiger partial charge is 0.478 e. The van der Waals surface area contributed by atoms with Crippen LogP contribution in [0.25, 0.3) is 0 Å². The number of benzene rings is 1. The second kappa shape index (κ2) is 6.96. The lowest BCUT2D eigenvalue weighted by atomic mass is 10.2. The Labute approximate surface area is 116 Å². The maximum absolute atomic E-state index is 11.6. The topological polar surface area (TPSA) is 81.7 Å². The highest BCUT2D eigenvalue weighted by molar-refractivity contribution is 6.34. The third-order valence-corrected chi connectivity index (χ3v) is 2.64. The Morgan fingerprint density at radius 3 is 2.63 bits per heavy atom. The van der Waals surface area contributed by atoms with Crippen molar-refractivity contribution in [1.29, 1.82) is 0 Å². The molecule has 6 nitrogen and oxygen atoms in total. The zero-order chi connectivity index (χ0) is 14.4. The molecule has 0 spiro atoms. The Morgan fingerprint density at radius 2 is 2.05 bits per heavy atom. The van der Waals surface area contributed by atoms with Crippen molar-refractivity contribution in [3.8, 4) is 0 Å². The van der Waals surface area contributed by atoms with Crippen LogP contribution >= 0.6 is 11.6 Å². The van der Waals surface area contributed by atoms with Gasteiger partial charge in [-0.05, 0) is 26.2 Å². The Kier molecular flexibility index (Phi) is 5.59. The molecular formula is C12H16ClN3O3. The van der Waals surface area contributed by atoms with Gasteiger partial charge in [-0.3, -0.25) is 0 Å². The maximum atomic E-state index is 11.6. The molecule has 1 aromatic carbocycles. The number of aromatic carboxylic acids is 1. The third kappa shape index (κ3) is 4.76.